The van der Waals surface area contributed by atoms with Crippen LogP contribution in [-0.4, -0.2) is 4.98 Å². The van der Waals surface area contributed by atoms with Crippen molar-refractivity contribution in [3.8, 4) is 0 Å². The van der Waals surface area contributed by atoms with Crippen molar-refractivity contribution < 1.29 is 0 Å². The first kappa shape index (κ1) is 7.63. The summed E-state index contributed by atoms with van der Waals surface area (Å²) in [6.45, 7) is 2.17. The lowest BCUT2D eigenvalue weighted by molar-refractivity contribution is 1.44. The molecule has 0 atom stereocenters. The molecule has 1 N–H and O–H groups in total. The summed E-state index contributed by atoms with van der Waals surface area (Å²) >= 11 is 0. The molecule has 1 heteroatoms. The van der Waals surface area contributed by atoms with Gasteiger partial charge in [0.05, 0.1) is 0 Å². The van der Waals surface area contributed by atoms with Crippen LogP contribution < -0.4 is 0 Å². The van der Waals surface area contributed by atoms with Gasteiger partial charge in [0.25, 0.3) is 0 Å². The number of hydrogen-bond donors (Lipinski definition) is 1. The largest absolute Gasteiger partial charge is 0.361 e. The van der Waals surface area contributed by atoms with Crippen LogP contribution in [0, 0.1) is 6.92 Å². The summed E-state index contributed by atoms with van der Waals surface area (Å²) < 4.78 is 0. The van der Waals surface area contributed by atoms with Crippen molar-refractivity contribution in [1.29, 1.82) is 0 Å². The van der Waals surface area contributed by atoms with Crippen molar-refractivity contribution in [2.45, 2.75) is 6.92 Å². The molecule has 0 fully saturated rings. The molecule has 3 rings (SSSR count). The minimum Gasteiger partial charge on any atom is -0.361 e. The fourth-order valence-electron chi connectivity index (χ4n) is 2.09. The number of aromatic amines is 1. The van der Waals surface area contributed by atoms with E-state index in [2.05, 4.69) is 48.3 Å². The maximum absolute atomic E-state index is 3.28. The van der Waals surface area contributed by atoms with Gasteiger partial charge in [-0.1, -0.05) is 24.3 Å². The van der Waals surface area contributed by atoms with Gasteiger partial charge in [0.1, 0.15) is 0 Å². The summed E-state index contributed by atoms with van der Waals surface area (Å²) in [4.78, 5) is 3.28. The zero-order valence-electron chi connectivity index (χ0n) is 8.04. The van der Waals surface area contributed by atoms with Gasteiger partial charge in [-0.15, -0.1) is 0 Å². The van der Waals surface area contributed by atoms with E-state index < -0.39 is 0 Å². The van der Waals surface area contributed by atoms with Crippen molar-refractivity contribution in [1.82, 2.24) is 4.98 Å². The summed E-state index contributed by atoms with van der Waals surface area (Å²) in [6, 6.07) is 12.9. The molecule has 0 saturated heterocycles. The molecule has 68 valence electrons. The number of aryl methyl sites for hydroxylation is 1. The molecule has 0 aliphatic carbocycles. The van der Waals surface area contributed by atoms with E-state index in [0.29, 0.717) is 0 Å². The van der Waals surface area contributed by atoms with Crippen LogP contribution in [0.5, 0.6) is 0 Å². The molecule has 0 aliphatic rings. The smallest absolute Gasteiger partial charge is 0.0490 e. The van der Waals surface area contributed by atoms with Crippen molar-refractivity contribution in [3.63, 3.8) is 0 Å². The monoisotopic (exact) mass is 181 g/mol. The lowest BCUT2D eigenvalue weighted by Crippen LogP contribution is -1.80. The van der Waals surface area contributed by atoms with Crippen molar-refractivity contribution in [3.05, 3.63) is 48.2 Å². The van der Waals surface area contributed by atoms with Crippen LogP contribution in [0.3, 0.4) is 0 Å². The van der Waals surface area contributed by atoms with E-state index >= 15 is 0 Å². The van der Waals surface area contributed by atoms with Gasteiger partial charge in [0.15, 0.2) is 0 Å². The van der Waals surface area contributed by atoms with Crippen molar-refractivity contribution in [2.75, 3.05) is 0 Å². The van der Waals surface area contributed by atoms with Crippen molar-refractivity contribution in [2.24, 2.45) is 0 Å². The number of hydrogen-bond acceptors (Lipinski definition) is 0. The number of aromatic nitrogens is 1. The number of rotatable bonds is 0. The molecule has 1 nitrogen and oxygen atoms in total. The zero-order chi connectivity index (χ0) is 9.54. The quantitative estimate of drug-likeness (QED) is 0.545. The molecule has 0 spiro atoms. The fraction of sp³-hybridized carbons (Fsp3) is 0.0769. The molecular weight excluding hydrogens is 170 g/mol. The zero-order valence-corrected chi connectivity index (χ0v) is 8.04. The molecular formula is C13H11N. The molecule has 1 aromatic heterocycles. The lowest BCUT2D eigenvalue weighted by Gasteiger charge is -2.03. The van der Waals surface area contributed by atoms with Crippen LogP contribution >= 0.6 is 0 Å². The number of nitrogens with one attached hydrogen (secondary N) is 1. The molecule has 0 amide bonds. The first-order valence-corrected chi connectivity index (χ1v) is 4.82. The highest BCUT2D eigenvalue weighted by molar-refractivity contribution is 6.00. The van der Waals surface area contributed by atoms with Crippen LogP contribution in [-0.2, 0) is 0 Å². The second-order valence-electron chi connectivity index (χ2n) is 3.66. The molecule has 14 heavy (non-hydrogen) atoms. The average Bonchev–Trinajstić information content (AvgIpc) is 2.66. The Labute approximate surface area is 82.4 Å². The highest BCUT2D eigenvalue weighted by Crippen LogP contribution is 2.26. The van der Waals surface area contributed by atoms with E-state index in [1.54, 1.807) is 0 Å². The van der Waals surface area contributed by atoms with Crippen LogP contribution in [0.1, 0.15) is 5.56 Å². The highest BCUT2D eigenvalue weighted by Gasteiger charge is 2.02. The topological polar surface area (TPSA) is 15.8 Å². The van der Waals surface area contributed by atoms with Gasteiger partial charge in [0.2, 0.25) is 0 Å². The van der Waals surface area contributed by atoms with Crippen LogP contribution in [0.25, 0.3) is 21.7 Å². The summed E-state index contributed by atoms with van der Waals surface area (Å²) in [5.74, 6) is 0. The molecule has 0 aliphatic heterocycles. The SMILES string of the molecule is Cc1c2ccccc2cc2cc[nH]c12. The van der Waals surface area contributed by atoms with E-state index in [4.69, 9.17) is 0 Å². The number of benzene rings is 2. The van der Waals surface area contributed by atoms with E-state index in [1.807, 2.05) is 6.20 Å². The maximum Gasteiger partial charge on any atom is 0.0490 e. The Balaban J connectivity index is 2.63. The van der Waals surface area contributed by atoms with Crippen LogP contribution in [0.2, 0.25) is 0 Å². The molecule has 1 heterocycles. The summed E-state index contributed by atoms with van der Waals surface area (Å²) in [5, 5.41) is 3.95. The van der Waals surface area contributed by atoms with Gasteiger partial charge < -0.3 is 4.98 Å². The first-order valence-electron chi connectivity index (χ1n) is 4.82. The van der Waals surface area contributed by atoms with Gasteiger partial charge >= 0.3 is 0 Å². The van der Waals surface area contributed by atoms with Crippen LogP contribution in [0.15, 0.2) is 42.6 Å². The second-order valence-corrected chi connectivity index (χ2v) is 3.66. The van der Waals surface area contributed by atoms with E-state index in [0.717, 1.165) is 0 Å². The normalized spacial score (nSPS) is 11.2. The minimum atomic E-state index is 1.25. The molecule has 0 radical (unpaired) electrons. The Morgan fingerprint density at radius 3 is 2.79 bits per heavy atom. The maximum atomic E-state index is 3.28. The first-order chi connectivity index (χ1) is 6.86. The van der Waals surface area contributed by atoms with Gasteiger partial charge in [-0.05, 0) is 35.4 Å². The Hall–Kier alpha value is -1.76. The lowest BCUT2D eigenvalue weighted by atomic mass is 10.0. The Morgan fingerprint density at radius 1 is 1.00 bits per heavy atom. The number of H-pyrrole nitrogens is 1. The van der Waals surface area contributed by atoms with E-state index in [1.165, 1.54) is 27.2 Å². The standard InChI is InChI=1S/C13H11N/c1-9-12-5-3-2-4-10(12)8-11-6-7-14-13(9)11/h2-8,14H,1H3. The minimum absolute atomic E-state index is 1.25. The summed E-state index contributed by atoms with van der Waals surface area (Å²) in [6.07, 6.45) is 2.00. The van der Waals surface area contributed by atoms with Gasteiger partial charge in [-0.2, -0.15) is 0 Å². The average molecular weight is 181 g/mol. The Morgan fingerprint density at radius 2 is 1.86 bits per heavy atom. The van der Waals surface area contributed by atoms with Gasteiger partial charge in [-0.25, -0.2) is 0 Å². The molecule has 2 aromatic carbocycles. The van der Waals surface area contributed by atoms with Crippen LogP contribution in [0.4, 0.5) is 0 Å². The molecule has 0 saturated carbocycles. The third kappa shape index (κ3) is 0.896. The summed E-state index contributed by atoms with van der Waals surface area (Å²) in [5.41, 5.74) is 2.59. The third-order valence-corrected chi connectivity index (χ3v) is 2.83. The highest BCUT2D eigenvalue weighted by atomic mass is 14.7. The van der Waals surface area contributed by atoms with E-state index in [9.17, 15) is 0 Å². The molecule has 0 bridgehead atoms. The summed E-state index contributed by atoms with van der Waals surface area (Å²) in [7, 11) is 0. The van der Waals surface area contributed by atoms with E-state index in [-0.39, 0.29) is 0 Å². The predicted octanol–water partition coefficient (Wildman–Crippen LogP) is 3.63. The predicted molar refractivity (Wildman–Crippen MR) is 60.5 cm³/mol. The fourth-order valence-corrected chi connectivity index (χ4v) is 2.09. The second kappa shape index (κ2) is 2.61. The van der Waals surface area contributed by atoms with Gasteiger partial charge in [0, 0.05) is 17.1 Å². The Kier molecular flexibility index (Phi) is 1.42. The van der Waals surface area contributed by atoms with Crippen molar-refractivity contribution >= 4 is 21.7 Å². The molecule has 0 unspecified atom stereocenters. The van der Waals surface area contributed by atoms with Gasteiger partial charge in [-0.3, -0.25) is 0 Å². The Bertz CT molecular complexity index is 605. The molecule has 3 aromatic rings. The third-order valence-electron chi connectivity index (χ3n) is 2.83. The number of fused-ring (bicyclic) bond motifs is 2.